The van der Waals surface area contributed by atoms with E-state index in [1.807, 2.05) is 12.1 Å². The van der Waals surface area contributed by atoms with Crippen LogP contribution in [0.3, 0.4) is 0 Å². The Labute approximate surface area is 78.1 Å². The van der Waals surface area contributed by atoms with Gasteiger partial charge < -0.3 is 0 Å². The fraction of sp³-hybridized carbons (Fsp3) is 0.750. The van der Waals surface area contributed by atoms with Gasteiger partial charge in [0.05, 0.1) is 12.1 Å². The summed E-state index contributed by atoms with van der Waals surface area (Å²) in [6.45, 7) is 1.01. The topological polar surface area (TPSA) is 47.6 Å². The third-order valence-electron chi connectivity index (χ3n) is 1.67. The lowest BCUT2D eigenvalue weighted by atomic mass is 10.1. The summed E-state index contributed by atoms with van der Waals surface area (Å²) < 4.78 is 24.8. The van der Waals surface area contributed by atoms with E-state index in [0.29, 0.717) is 19.3 Å². The molecule has 0 aliphatic rings. The SMILES string of the molecule is C[Si](F)(F)CCCCC(C#N)C#N. The van der Waals surface area contributed by atoms with Crippen LogP contribution in [-0.4, -0.2) is 8.74 Å². The Bertz CT molecular complexity index is 210. The summed E-state index contributed by atoms with van der Waals surface area (Å²) in [5.74, 6) is -0.632. The molecular formula is C8H12F2N2Si. The summed E-state index contributed by atoms with van der Waals surface area (Å²) in [6.07, 6.45) is 1.38. The Balaban J connectivity index is 3.49. The number of rotatable bonds is 5. The molecule has 0 bridgehead atoms. The molecule has 0 saturated heterocycles. The minimum Gasteiger partial charge on any atom is -0.271 e. The Morgan fingerprint density at radius 1 is 1.23 bits per heavy atom. The second-order valence-corrected chi connectivity index (χ2v) is 5.77. The van der Waals surface area contributed by atoms with Crippen molar-refractivity contribution >= 4 is 8.74 Å². The molecule has 0 spiro atoms. The van der Waals surface area contributed by atoms with Crippen molar-refractivity contribution < 1.29 is 8.22 Å². The molecule has 0 rings (SSSR count). The molecule has 0 N–H and O–H groups in total. The van der Waals surface area contributed by atoms with Gasteiger partial charge in [-0.2, -0.15) is 10.5 Å². The van der Waals surface area contributed by atoms with Crippen LogP contribution in [0.4, 0.5) is 8.22 Å². The largest absolute Gasteiger partial charge is 0.422 e. The van der Waals surface area contributed by atoms with E-state index < -0.39 is 14.7 Å². The van der Waals surface area contributed by atoms with Crippen LogP contribution in [0.1, 0.15) is 19.3 Å². The Hall–Kier alpha value is -0.943. The fourth-order valence-electron chi connectivity index (χ4n) is 0.942. The fourth-order valence-corrected chi connectivity index (χ4v) is 1.81. The van der Waals surface area contributed by atoms with E-state index in [4.69, 9.17) is 10.5 Å². The Morgan fingerprint density at radius 3 is 2.15 bits per heavy atom. The molecule has 13 heavy (non-hydrogen) atoms. The molecule has 0 aromatic heterocycles. The van der Waals surface area contributed by atoms with Crippen molar-refractivity contribution in [1.82, 2.24) is 0 Å². The summed E-state index contributed by atoms with van der Waals surface area (Å²) >= 11 is 0. The van der Waals surface area contributed by atoms with E-state index >= 15 is 0 Å². The maximum absolute atomic E-state index is 12.4. The molecule has 0 aromatic carbocycles. The van der Waals surface area contributed by atoms with E-state index in [2.05, 4.69) is 0 Å². The molecule has 0 heterocycles. The van der Waals surface area contributed by atoms with Crippen molar-refractivity contribution in [2.24, 2.45) is 5.92 Å². The van der Waals surface area contributed by atoms with Crippen molar-refractivity contribution in [2.75, 3.05) is 0 Å². The molecule has 0 unspecified atom stereocenters. The molecule has 0 atom stereocenters. The number of nitrogens with zero attached hydrogens (tertiary/aromatic N) is 2. The van der Waals surface area contributed by atoms with Crippen molar-refractivity contribution in [3.8, 4) is 12.1 Å². The molecule has 0 aromatic rings. The summed E-state index contributed by atoms with van der Waals surface area (Å²) in [6, 6.07) is 3.59. The first-order valence-corrected chi connectivity index (χ1v) is 6.63. The monoisotopic (exact) mass is 202 g/mol. The molecule has 0 aliphatic carbocycles. The molecule has 0 radical (unpaired) electrons. The second-order valence-electron chi connectivity index (χ2n) is 3.13. The first-order chi connectivity index (χ1) is 5.99. The van der Waals surface area contributed by atoms with E-state index in [1.165, 1.54) is 0 Å². The van der Waals surface area contributed by atoms with Crippen LogP contribution in [0.25, 0.3) is 0 Å². The van der Waals surface area contributed by atoms with E-state index in [1.54, 1.807) is 0 Å². The highest BCUT2D eigenvalue weighted by atomic mass is 28.4. The number of nitriles is 2. The third-order valence-corrected chi connectivity index (χ3v) is 2.90. The number of hydrogen-bond donors (Lipinski definition) is 0. The molecule has 2 nitrogen and oxygen atoms in total. The van der Waals surface area contributed by atoms with Gasteiger partial charge in [0.1, 0.15) is 5.92 Å². The highest BCUT2D eigenvalue weighted by Gasteiger charge is 2.26. The molecular weight excluding hydrogens is 190 g/mol. The van der Waals surface area contributed by atoms with Crippen molar-refractivity contribution in [3.05, 3.63) is 0 Å². The van der Waals surface area contributed by atoms with Crippen molar-refractivity contribution in [2.45, 2.75) is 31.9 Å². The van der Waals surface area contributed by atoms with Gasteiger partial charge in [0.25, 0.3) is 0 Å². The summed E-state index contributed by atoms with van der Waals surface area (Å²) in [5, 5.41) is 16.7. The van der Waals surface area contributed by atoms with Gasteiger partial charge in [-0.05, 0) is 19.0 Å². The average Bonchev–Trinajstić information content (AvgIpc) is 2.03. The summed E-state index contributed by atoms with van der Waals surface area (Å²) in [4.78, 5) is 0. The Kier molecular flexibility index (Phi) is 5.25. The maximum atomic E-state index is 12.4. The Morgan fingerprint density at radius 2 is 1.77 bits per heavy atom. The van der Waals surface area contributed by atoms with Crippen molar-refractivity contribution in [1.29, 1.82) is 10.5 Å². The van der Waals surface area contributed by atoms with Crippen LogP contribution < -0.4 is 0 Å². The van der Waals surface area contributed by atoms with Crippen LogP contribution >= 0.6 is 0 Å². The second kappa shape index (κ2) is 5.66. The molecule has 72 valence electrons. The molecule has 0 aliphatic heterocycles. The zero-order valence-corrected chi connectivity index (χ0v) is 8.56. The standard InChI is InChI=1S/C8H12F2N2Si/c1-13(9,10)5-3-2-4-8(6-11)7-12/h8H,2-5H2,1H3. The van der Waals surface area contributed by atoms with E-state index in [9.17, 15) is 8.22 Å². The lowest BCUT2D eigenvalue weighted by Crippen LogP contribution is -2.15. The number of unbranched alkanes of at least 4 members (excludes halogenated alkanes) is 1. The van der Waals surface area contributed by atoms with Crippen LogP contribution in [0.15, 0.2) is 0 Å². The van der Waals surface area contributed by atoms with Gasteiger partial charge in [0.2, 0.25) is 0 Å². The minimum atomic E-state index is -3.92. The highest BCUT2D eigenvalue weighted by molar-refractivity contribution is 6.64. The predicted molar refractivity (Wildman–Crippen MR) is 47.2 cm³/mol. The minimum absolute atomic E-state index is 0.0312. The van der Waals surface area contributed by atoms with E-state index in [-0.39, 0.29) is 6.04 Å². The molecule has 5 heteroatoms. The first-order valence-electron chi connectivity index (χ1n) is 4.16. The third kappa shape index (κ3) is 7.42. The first kappa shape index (κ1) is 12.1. The zero-order chi connectivity index (χ0) is 10.3. The van der Waals surface area contributed by atoms with Gasteiger partial charge in [-0.25, -0.2) is 0 Å². The number of halogens is 2. The average molecular weight is 202 g/mol. The molecule has 0 fully saturated rings. The van der Waals surface area contributed by atoms with E-state index in [0.717, 1.165) is 6.55 Å². The van der Waals surface area contributed by atoms with Crippen LogP contribution in [-0.2, 0) is 0 Å². The summed E-state index contributed by atoms with van der Waals surface area (Å²) in [7, 11) is -3.92. The van der Waals surface area contributed by atoms with Crippen molar-refractivity contribution in [3.63, 3.8) is 0 Å². The number of hydrogen-bond acceptors (Lipinski definition) is 2. The smallest absolute Gasteiger partial charge is 0.271 e. The lowest BCUT2D eigenvalue weighted by molar-refractivity contribution is 0.577. The lowest BCUT2D eigenvalue weighted by Gasteiger charge is -2.05. The predicted octanol–water partition coefficient (Wildman–Crippen LogP) is 2.83. The van der Waals surface area contributed by atoms with Gasteiger partial charge in [0, 0.05) is 0 Å². The highest BCUT2D eigenvalue weighted by Crippen LogP contribution is 2.18. The maximum Gasteiger partial charge on any atom is 0.422 e. The zero-order valence-electron chi connectivity index (χ0n) is 7.56. The van der Waals surface area contributed by atoms with Gasteiger partial charge in [-0.3, -0.25) is 8.22 Å². The quantitative estimate of drug-likeness (QED) is 0.391. The summed E-state index contributed by atoms with van der Waals surface area (Å²) in [5.41, 5.74) is 0. The van der Waals surface area contributed by atoms with Crippen LogP contribution in [0.2, 0.25) is 12.6 Å². The molecule has 0 amide bonds. The van der Waals surface area contributed by atoms with Crippen LogP contribution in [0, 0.1) is 28.6 Å². The van der Waals surface area contributed by atoms with Gasteiger partial charge >= 0.3 is 8.74 Å². The van der Waals surface area contributed by atoms with Gasteiger partial charge in [-0.15, -0.1) is 0 Å². The van der Waals surface area contributed by atoms with Crippen LogP contribution in [0.5, 0.6) is 0 Å². The normalized spacial score (nSPS) is 10.9. The van der Waals surface area contributed by atoms with Gasteiger partial charge in [0.15, 0.2) is 0 Å². The van der Waals surface area contributed by atoms with Gasteiger partial charge in [-0.1, -0.05) is 12.8 Å². The molecule has 0 saturated carbocycles.